The number of carbonyl (C=O) groups excluding carboxylic acids is 1. The van der Waals surface area contributed by atoms with E-state index in [4.69, 9.17) is 11.6 Å². The molecule has 16 heavy (non-hydrogen) atoms. The van der Waals surface area contributed by atoms with Crippen LogP contribution >= 0.6 is 11.6 Å². The summed E-state index contributed by atoms with van der Waals surface area (Å²) in [7, 11) is 0. The summed E-state index contributed by atoms with van der Waals surface area (Å²) in [4.78, 5) is 11.7. The van der Waals surface area contributed by atoms with Crippen LogP contribution in [0.2, 0.25) is 0 Å². The minimum absolute atomic E-state index is 0.120. The van der Waals surface area contributed by atoms with E-state index >= 15 is 0 Å². The van der Waals surface area contributed by atoms with Crippen molar-refractivity contribution < 1.29 is 4.79 Å². The smallest absolute Gasteiger partial charge is 0.158 e. The van der Waals surface area contributed by atoms with Crippen LogP contribution < -0.4 is 0 Å². The summed E-state index contributed by atoms with van der Waals surface area (Å²) >= 11 is 6.08. The summed E-state index contributed by atoms with van der Waals surface area (Å²) < 4.78 is 0. The first kappa shape index (κ1) is 11.4. The maximum atomic E-state index is 11.7. The first-order chi connectivity index (χ1) is 7.65. The number of hydrogen-bond donors (Lipinski definition) is 0. The van der Waals surface area contributed by atoms with Crippen LogP contribution in [0.4, 0.5) is 0 Å². The molecule has 1 aliphatic carbocycles. The van der Waals surface area contributed by atoms with Crippen LogP contribution in [-0.4, -0.2) is 11.2 Å². The molecule has 84 valence electrons. The van der Waals surface area contributed by atoms with Gasteiger partial charge >= 0.3 is 0 Å². The van der Waals surface area contributed by atoms with Crippen molar-refractivity contribution >= 4 is 23.5 Å². The average Bonchev–Trinajstić information content (AvgIpc) is 2.27. The highest BCUT2D eigenvalue weighted by molar-refractivity contribution is 6.22. The van der Waals surface area contributed by atoms with Crippen LogP contribution in [0, 0.1) is 6.92 Å². The van der Waals surface area contributed by atoms with Gasteiger partial charge in [0.2, 0.25) is 0 Å². The predicted octanol–water partition coefficient (Wildman–Crippen LogP) is 3.74. The molecule has 1 aromatic carbocycles. The zero-order valence-electron chi connectivity index (χ0n) is 9.37. The van der Waals surface area contributed by atoms with Crippen molar-refractivity contribution in [1.29, 1.82) is 0 Å². The maximum absolute atomic E-state index is 11.7. The number of hydrogen-bond acceptors (Lipinski definition) is 1. The summed E-state index contributed by atoms with van der Waals surface area (Å²) in [6.45, 7) is 2.05. The van der Waals surface area contributed by atoms with E-state index < -0.39 is 0 Å². The van der Waals surface area contributed by atoms with Crippen LogP contribution in [0.3, 0.4) is 0 Å². The Kier molecular flexibility index (Phi) is 3.45. The third-order valence-corrected chi connectivity index (χ3v) is 3.27. The predicted molar refractivity (Wildman–Crippen MR) is 67.7 cm³/mol. The quantitative estimate of drug-likeness (QED) is 0.535. The molecule has 0 amide bonds. The number of carbonyl (C=O) groups is 1. The molecule has 1 atom stereocenters. The van der Waals surface area contributed by atoms with Crippen molar-refractivity contribution in [3.8, 4) is 0 Å². The molecule has 0 heterocycles. The van der Waals surface area contributed by atoms with Gasteiger partial charge in [-0.2, -0.15) is 0 Å². The van der Waals surface area contributed by atoms with Crippen molar-refractivity contribution in [2.24, 2.45) is 0 Å². The molecule has 1 nitrogen and oxygen atoms in total. The highest BCUT2D eigenvalue weighted by Gasteiger charge is 2.21. The van der Waals surface area contributed by atoms with Gasteiger partial charge in [-0.15, -0.1) is 11.6 Å². The molecule has 0 spiro atoms. The summed E-state index contributed by atoms with van der Waals surface area (Å²) in [5.74, 6) is 0.248. The number of benzene rings is 1. The Morgan fingerprint density at radius 1 is 1.31 bits per heavy atom. The Morgan fingerprint density at radius 3 is 2.69 bits per heavy atom. The molecule has 0 N–H and O–H groups in total. The van der Waals surface area contributed by atoms with Gasteiger partial charge in [0.25, 0.3) is 0 Å². The minimum atomic E-state index is 0.120. The van der Waals surface area contributed by atoms with Gasteiger partial charge in [-0.25, -0.2) is 0 Å². The lowest BCUT2D eigenvalue weighted by atomic mass is 9.91. The van der Waals surface area contributed by atoms with Crippen LogP contribution in [0.25, 0.3) is 6.08 Å². The van der Waals surface area contributed by atoms with Gasteiger partial charge < -0.3 is 0 Å². The molecule has 0 aliphatic heterocycles. The topological polar surface area (TPSA) is 17.1 Å². The highest BCUT2D eigenvalue weighted by Crippen LogP contribution is 2.26. The largest absolute Gasteiger partial charge is 0.295 e. The normalized spacial score (nSPS) is 23.8. The lowest BCUT2D eigenvalue weighted by Gasteiger charge is -2.17. The van der Waals surface area contributed by atoms with Gasteiger partial charge in [-0.05, 0) is 37.0 Å². The molecule has 1 fully saturated rings. The van der Waals surface area contributed by atoms with Crippen molar-refractivity contribution in [2.45, 2.75) is 31.6 Å². The molecule has 2 rings (SSSR count). The molecule has 0 bridgehead atoms. The van der Waals surface area contributed by atoms with Gasteiger partial charge in [0, 0.05) is 11.8 Å². The summed E-state index contributed by atoms with van der Waals surface area (Å²) in [6.07, 6.45) is 4.07. The fourth-order valence-corrected chi connectivity index (χ4v) is 2.18. The highest BCUT2D eigenvalue weighted by atomic mass is 35.5. The number of halogens is 1. The SMILES string of the molecule is Cc1ccc(C=C2CC(Cl)CCC2=O)cc1. The monoisotopic (exact) mass is 234 g/mol. The second-order valence-electron chi connectivity index (χ2n) is 4.34. The Morgan fingerprint density at radius 2 is 2.00 bits per heavy atom. The molecule has 1 aromatic rings. The van der Waals surface area contributed by atoms with Crippen LogP contribution in [-0.2, 0) is 4.79 Å². The number of Topliss-reactive ketones (excluding diaryl/α,β-unsaturated/α-hetero) is 1. The lowest BCUT2D eigenvalue weighted by Crippen LogP contribution is -2.16. The van der Waals surface area contributed by atoms with Crippen molar-refractivity contribution in [3.05, 3.63) is 41.0 Å². The third kappa shape index (κ3) is 2.73. The Hall–Kier alpha value is -1.08. The van der Waals surface area contributed by atoms with Gasteiger partial charge in [0.1, 0.15) is 0 Å². The first-order valence-electron chi connectivity index (χ1n) is 5.59. The van der Waals surface area contributed by atoms with E-state index in [-0.39, 0.29) is 11.2 Å². The van der Waals surface area contributed by atoms with E-state index in [1.54, 1.807) is 0 Å². The van der Waals surface area contributed by atoms with Crippen LogP contribution in [0.15, 0.2) is 29.8 Å². The average molecular weight is 235 g/mol. The van der Waals surface area contributed by atoms with Crippen molar-refractivity contribution in [2.75, 3.05) is 0 Å². The fraction of sp³-hybridized carbons (Fsp3) is 0.357. The molecule has 1 saturated carbocycles. The van der Waals surface area contributed by atoms with Crippen LogP contribution in [0.5, 0.6) is 0 Å². The van der Waals surface area contributed by atoms with Crippen LogP contribution in [0.1, 0.15) is 30.4 Å². The molecule has 2 heteroatoms. The summed E-state index contributed by atoms with van der Waals surface area (Å²) in [5, 5.41) is 0.120. The molecule has 0 aromatic heterocycles. The van der Waals surface area contributed by atoms with Gasteiger partial charge in [0.05, 0.1) is 0 Å². The Labute approximate surface area is 101 Å². The molecular weight excluding hydrogens is 220 g/mol. The molecular formula is C14H15ClO. The van der Waals surface area contributed by atoms with E-state index in [2.05, 4.69) is 19.1 Å². The zero-order chi connectivity index (χ0) is 11.5. The van der Waals surface area contributed by atoms with E-state index in [9.17, 15) is 4.79 Å². The van der Waals surface area contributed by atoms with Gasteiger partial charge in [-0.1, -0.05) is 29.8 Å². The van der Waals surface area contributed by atoms with Crippen molar-refractivity contribution in [3.63, 3.8) is 0 Å². The van der Waals surface area contributed by atoms with Gasteiger partial charge in [-0.3, -0.25) is 4.79 Å². The molecule has 1 unspecified atom stereocenters. The number of allylic oxidation sites excluding steroid dienone is 1. The van der Waals surface area contributed by atoms with E-state index in [1.807, 2.05) is 18.2 Å². The van der Waals surface area contributed by atoms with E-state index in [1.165, 1.54) is 5.56 Å². The first-order valence-corrected chi connectivity index (χ1v) is 6.03. The maximum Gasteiger partial charge on any atom is 0.158 e. The summed E-state index contributed by atoms with van der Waals surface area (Å²) in [5.41, 5.74) is 3.18. The molecule has 1 aliphatic rings. The Balaban J connectivity index is 2.22. The number of rotatable bonds is 1. The molecule has 0 saturated heterocycles. The zero-order valence-corrected chi connectivity index (χ0v) is 10.1. The summed E-state index contributed by atoms with van der Waals surface area (Å²) in [6, 6.07) is 8.18. The number of aryl methyl sites for hydroxylation is 1. The minimum Gasteiger partial charge on any atom is -0.295 e. The van der Waals surface area contributed by atoms with E-state index in [0.717, 1.165) is 17.6 Å². The van der Waals surface area contributed by atoms with Gasteiger partial charge in [0.15, 0.2) is 5.78 Å². The molecule has 0 radical (unpaired) electrons. The third-order valence-electron chi connectivity index (χ3n) is 2.90. The number of ketones is 1. The second-order valence-corrected chi connectivity index (χ2v) is 4.96. The second kappa shape index (κ2) is 4.84. The number of alkyl halides is 1. The Bertz CT molecular complexity index is 417. The standard InChI is InChI=1S/C14H15ClO/c1-10-2-4-11(5-3-10)8-12-9-13(15)6-7-14(12)16/h2-5,8,13H,6-7,9H2,1H3. The van der Waals surface area contributed by atoms with E-state index in [0.29, 0.717) is 12.8 Å². The van der Waals surface area contributed by atoms with Crippen molar-refractivity contribution in [1.82, 2.24) is 0 Å². The fourth-order valence-electron chi connectivity index (χ4n) is 1.91. The lowest BCUT2D eigenvalue weighted by molar-refractivity contribution is -0.116.